The van der Waals surface area contributed by atoms with E-state index in [-0.39, 0.29) is 0 Å². The van der Waals surface area contributed by atoms with Crippen LogP contribution in [0.2, 0.25) is 0 Å². The highest BCUT2D eigenvalue weighted by Gasteiger charge is 2.14. The quantitative estimate of drug-likeness (QED) is 0.449. The number of rotatable bonds is 5. The van der Waals surface area contributed by atoms with Gasteiger partial charge in [0.05, 0.1) is 36.1 Å². The van der Waals surface area contributed by atoms with Gasteiger partial charge in [-0.3, -0.25) is 0 Å². The van der Waals surface area contributed by atoms with Gasteiger partial charge in [0.2, 0.25) is 5.95 Å². The maximum Gasteiger partial charge on any atom is 0.247 e. The summed E-state index contributed by atoms with van der Waals surface area (Å²) < 4.78 is 9.07. The highest BCUT2D eigenvalue weighted by molar-refractivity contribution is 5.69. The second-order valence-corrected chi connectivity index (χ2v) is 7.21. The molecule has 0 atom stereocenters. The number of imidazole rings is 1. The molecule has 3 heterocycles. The first-order valence-corrected chi connectivity index (χ1v) is 9.97. The maximum atomic E-state index is 9.66. The summed E-state index contributed by atoms with van der Waals surface area (Å²) in [6, 6.07) is 21.6. The number of nitriles is 1. The number of aryl methyl sites for hydroxylation is 1. The Morgan fingerprint density at radius 3 is 2.62 bits per heavy atom. The topological polar surface area (TPSA) is 93.1 Å². The molecule has 0 amide bonds. The predicted molar refractivity (Wildman–Crippen MR) is 121 cm³/mol. The highest BCUT2D eigenvalue weighted by atomic mass is 16.5. The molecule has 0 aliphatic heterocycles. The molecule has 32 heavy (non-hydrogen) atoms. The van der Waals surface area contributed by atoms with Gasteiger partial charge in [-0.2, -0.15) is 10.2 Å². The summed E-state index contributed by atoms with van der Waals surface area (Å²) >= 11 is 0. The average molecular weight is 421 g/mol. The molecule has 0 fully saturated rings. The van der Waals surface area contributed by atoms with E-state index in [0.29, 0.717) is 28.6 Å². The smallest absolute Gasteiger partial charge is 0.247 e. The Bertz CT molecular complexity index is 1460. The van der Waals surface area contributed by atoms with Crippen molar-refractivity contribution in [2.75, 3.05) is 12.4 Å². The summed E-state index contributed by atoms with van der Waals surface area (Å²) in [6.07, 6.45) is 3.57. The lowest BCUT2D eigenvalue weighted by Crippen LogP contribution is -1.99. The molecule has 0 saturated carbocycles. The molecule has 1 N–H and O–H groups in total. The molecule has 5 rings (SSSR count). The summed E-state index contributed by atoms with van der Waals surface area (Å²) in [5.74, 6) is 1.02. The third-order valence-corrected chi connectivity index (χ3v) is 5.10. The van der Waals surface area contributed by atoms with Gasteiger partial charge in [0.1, 0.15) is 6.07 Å². The molecular formula is C24H19N7O. The van der Waals surface area contributed by atoms with Crippen molar-refractivity contribution in [2.24, 2.45) is 0 Å². The molecule has 2 aromatic carbocycles. The monoisotopic (exact) mass is 421 g/mol. The summed E-state index contributed by atoms with van der Waals surface area (Å²) in [7, 11) is 1.61. The van der Waals surface area contributed by atoms with Crippen LogP contribution < -0.4 is 10.1 Å². The molecular weight excluding hydrogens is 402 g/mol. The van der Waals surface area contributed by atoms with Crippen LogP contribution in [0.15, 0.2) is 73.2 Å². The number of fused-ring (bicyclic) bond motifs is 1. The Balaban J connectivity index is 1.54. The number of nitrogens with one attached hydrogen (secondary N) is 1. The third kappa shape index (κ3) is 3.42. The fraction of sp³-hybridized carbons (Fsp3) is 0.0833. The van der Waals surface area contributed by atoms with Crippen molar-refractivity contribution in [3.8, 4) is 28.8 Å². The molecule has 0 aliphatic carbocycles. The zero-order chi connectivity index (χ0) is 22.1. The molecule has 0 saturated heterocycles. The Morgan fingerprint density at radius 2 is 1.91 bits per heavy atom. The zero-order valence-corrected chi connectivity index (χ0v) is 17.5. The molecule has 0 aliphatic rings. The summed E-state index contributed by atoms with van der Waals surface area (Å²) in [5, 5.41) is 17.5. The van der Waals surface area contributed by atoms with Crippen LogP contribution >= 0.6 is 0 Å². The zero-order valence-electron chi connectivity index (χ0n) is 17.5. The van der Waals surface area contributed by atoms with Gasteiger partial charge in [-0.05, 0) is 37.3 Å². The van der Waals surface area contributed by atoms with Crippen LogP contribution in [-0.4, -0.2) is 31.3 Å². The maximum absolute atomic E-state index is 9.66. The molecule has 8 nitrogen and oxygen atoms in total. The first-order valence-electron chi connectivity index (χ1n) is 9.97. The van der Waals surface area contributed by atoms with E-state index in [1.807, 2.05) is 72.3 Å². The van der Waals surface area contributed by atoms with Gasteiger partial charge in [0, 0.05) is 17.4 Å². The number of benzene rings is 2. The van der Waals surface area contributed by atoms with E-state index in [2.05, 4.69) is 26.5 Å². The normalized spacial score (nSPS) is 10.8. The molecule has 0 radical (unpaired) electrons. The van der Waals surface area contributed by atoms with E-state index >= 15 is 0 Å². The van der Waals surface area contributed by atoms with Crippen molar-refractivity contribution >= 4 is 17.3 Å². The lowest BCUT2D eigenvalue weighted by atomic mass is 10.1. The minimum Gasteiger partial charge on any atom is -0.493 e. The second-order valence-electron chi connectivity index (χ2n) is 7.21. The SMILES string of the molecule is COc1ccc(-c2ccccc2)n2nc(Nc3ccc(-n4cnc(C)c4)c(C#N)c3)nc12. The van der Waals surface area contributed by atoms with E-state index in [9.17, 15) is 5.26 Å². The molecule has 8 heteroatoms. The standard InChI is InChI=1S/C24H19N7O/c1-16-14-30(15-26-16)20-9-8-19(12-18(20)13-25)27-24-28-23-22(32-2)11-10-21(31(23)29-24)17-6-4-3-5-7-17/h3-12,14-15H,1-2H3,(H,27,29). The summed E-state index contributed by atoms with van der Waals surface area (Å²) in [5.41, 5.74) is 5.37. The molecule has 156 valence electrons. The van der Waals surface area contributed by atoms with Crippen molar-refractivity contribution in [1.82, 2.24) is 24.1 Å². The van der Waals surface area contributed by atoms with Crippen molar-refractivity contribution in [3.05, 3.63) is 84.4 Å². The van der Waals surface area contributed by atoms with E-state index in [1.54, 1.807) is 24.0 Å². The molecule has 3 aromatic heterocycles. The van der Waals surface area contributed by atoms with Gasteiger partial charge in [0.25, 0.3) is 0 Å². The number of ether oxygens (including phenoxy) is 1. The Hall–Kier alpha value is -4.64. The van der Waals surface area contributed by atoms with Crippen LogP contribution in [0.1, 0.15) is 11.3 Å². The van der Waals surface area contributed by atoms with Crippen LogP contribution in [0.4, 0.5) is 11.6 Å². The molecule has 0 unspecified atom stereocenters. The second kappa shape index (κ2) is 7.89. The van der Waals surface area contributed by atoms with Gasteiger partial charge in [0.15, 0.2) is 11.4 Å². The van der Waals surface area contributed by atoms with Crippen molar-refractivity contribution < 1.29 is 4.74 Å². The lowest BCUT2D eigenvalue weighted by Gasteiger charge is -2.08. The van der Waals surface area contributed by atoms with Crippen LogP contribution in [0, 0.1) is 18.3 Å². The van der Waals surface area contributed by atoms with Crippen molar-refractivity contribution in [2.45, 2.75) is 6.92 Å². The first-order chi connectivity index (χ1) is 15.7. The van der Waals surface area contributed by atoms with Gasteiger partial charge in [-0.15, -0.1) is 5.10 Å². The molecule has 0 bridgehead atoms. The molecule has 5 aromatic rings. The van der Waals surface area contributed by atoms with Gasteiger partial charge in [-0.25, -0.2) is 9.50 Å². The van der Waals surface area contributed by atoms with Crippen LogP contribution in [0.25, 0.3) is 22.6 Å². The fourth-order valence-corrected chi connectivity index (χ4v) is 3.59. The largest absolute Gasteiger partial charge is 0.493 e. The number of hydrogen-bond donors (Lipinski definition) is 1. The van der Waals surface area contributed by atoms with Crippen molar-refractivity contribution in [3.63, 3.8) is 0 Å². The number of methoxy groups -OCH3 is 1. The minimum atomic E-state index is 0.404. The van der Waals surface area contributed by atoms with E-state index < -0.39 is 0 Å². The minimum absolute atomic E-state index is 0.404. The third-order valence-electron chi connectivity index (χ3n) is 5.10. The van der Waals surface area contributed by atoms with Crippen LogP contribution in [0.3, 0.4) is 0 Å². The Labute approximate surface area is 184 Å². The van der Waals surface area contributed by atoms with E-state index in [1.165, 1.54) is 0 Å². The summed E-state index contributed by atoms with van der Waals surface area (Å²) in [4.78, 5) is 8.86. The highest BCUT2D eigenvalue weighted by Crippen LogP contribution is 2.28. The number of aromatic nitrogens is 5. The Kier molecular flexibility index (Phi) is 4.76. The van der Waals surface area contributed by atoms with E-state index in [0.717, 1.165) is 22.6 Å². The van der Waals surface area contributed by atoms with Gasteiger partial charge < -0.3 is 14.6 Å². The Morgan fingerprint density at radius 1 is 1.06 bits per heavy atom. The number of nitrogens with zero attached hydrogens (tertiary/aromatic N) is 6. The molecule has 0 spiro atoms. The predicted octanol–water partition coefficient (Wildman–Crippen LogP) is 4.51. The van der Waals surface area contributed by atoms with E-state index in [4.69, 9.17) is 4.74 Å². The number of anilines is 2. The number of pyridine rings is 1. The van der Waals surface area contributed by atoms with Gasteiger partial charge in [-0.1, -0.05) is 30.3 Å². The average Bonchev–Trinajstić information content (AvgIpc) is 3.45. The fourth-order valence-electron chi connectivity index (χ4n) is 3.59. The van der Waals surface area contributed by atoms with Gasteiger partial charge >= 0.3 is 0 Å². The first kappa shape index (κ1) is 19.3. The number of hydrogen-bond acceptors (Lipinski definition) is 6. The van der Waals surface area contributed by atoms with Crippen LogP contribution in [0.5, 0.6) is 5.75 Å². The van der Waals surface area contributed by atoms with Crippen molar-refractivity contribution in [1.29, 1.82) is 5.26 Å². The lowest BCUT2D eigenvalue weighted by molar-refractivity contribution is 0.416. The summed E-state index contributed by atoms with van der Waals surface area (Å²) in [6.45, 7) is 1.91. The van der Waals surface area contributed by atoms with Crippen LogP contribution in [-0.2, 0) is 0 Å².